The number of unbranched alkanes of at least 4 members (excludes halogenated alkanes) is 1. The molecule has 0 aliphatic heterocycles. The van der Waals surface area contributed by atoms with Crippen LogP contribution >= 0.6 is 0 Å². The minimum Gasteiger partial charge on any atom is -0.489 e. The molecule has 0 unspecified atom stereocenters. The zero-order valence-electron chi connectivity index (χ0n) is 18.1. The third-order valence-electron chi connectivity index (χ3n) is 5.65. The van der Waals surface area contributed by atoms with Gasteiger partial charge in [-0.2, -0.15) is 4.98 Å². The number of rotatable bonds is 8. The summed E-state index contributed by atoms with van der Waals surface area (Å²) in [6, 6.07) is 3.96. The first kappa shape index (κ1) is 20.5. The second kappa shape index (κ2) is 9.36. The molecule has 8 heteroatoms. The molecule has 4 rings (SSSR count). The van der Waals surface area contributed by atoms with Gasteiger partial charge in [0.05, 0.1) is 29.6 Å². The van der Waals surface area contributed by atoms with Crippen LogP contribution in [0.15, 0.2) is 16.7 Å². The molecule has 0 amide bonds. The highest BCUT2D eigenvalue weighted by Gasteiger charge is 2.20. The van der Waals surface area contributed by atoms with Crippen molar-refractivity contribution in [1.82, 2.24) is 30.1 Å². The van der Waals surface area contributed by atoms with Gasteiger partial charge in [0.2, 0.25) is 5.89 Å². The Labute approximate surface area is 177 Å². The molecule has 0 aromatic carbocycles. The number of nitrogens with zero attached hydrogens (tertiary/aromatic N) is 6. The van der Waals surface area contributed by atoms with Crippen molar-refractivity contribution < 1.29 is 9.26 Å². The summed E-state index contributed by atoms with van der Waals surface area (Å²) in [4.78, 5) is 9.27. The zero-order chi connectivity index (χ0) is 20.9. The molecule has 0 radical (unpaired) electrons. The molecule has 1 aliphatic rings. The first-order valence-corrected chi connectivity index (χ1v) is 11.0. The van der Waals surface area contributed by atoms with Crippen molar-refractivity contribution in [2.24, 2.45) is 7.05 Å². The first-order valence-electron chi connectivity index (χ1n) is 11.0. The van der Waals surface area contributed by atoms with Gasteiger partial charge < -0.3 is 9.26 Å². The molecule has 1 fully saturated rings. The lowest BCUT2D eigenvalue weighted by molar-refractivity contribution is 0.153. The molecule has 0 N–H and O–H groups in total. The van der Waals surface area contributed by atoms with Gasteiger partial charge >= 0.3 is 0 Å². The van der Waals surface area contributed by atoms with E-state index in [0.717, 1.165) is 60.6 Å². The molecule has 3 aromatic rings. The lowest BCUT2D eigenvalue weighted by Crippen LogP contribution is -2.20. The Kier molecular flexibility index (Phi) is 6.40. The van der Waals surface area contributed by atoms with E-state index in [9.17, 15) is 0 Å². The summed E-state index contributed by atoms with van der Waals surface area (Å²) in [6.07, 6.45) is 9.80. The SMILES string of the molecule is CCCCc1nc(Cc2c(-c3ccc(OC4CCCCC4)c(C)n3)nnn2C)no1. The Morgan fingerprint density at radius 1 is 1.17 bits per heavy atom. The molecule has 1 aliphatic carbocycles. The summed E-state index contributed by atoms with van der Waals surface area (Å²) < 4.78 is 13.3. The average Bonchev–Trinajstić information content (AvgIpc) is 3.36. The maximum absolute atomic E-state index is 6.21. The van der Waals surface area contributed by atoms with Crippen molar-refractivity contribution in [3.05, 3.63) is 35.2 Å². The summed E-state index contributed by atoms with van der Waals surface area (Å²) >= 11 is 0. The molecule has 30 heavy (non-hydrogen) atoms. The maximum atomic E-state index is 6.21. The molecule has 3 aromatic heterocycles. The molecule has 0 bridgehead atoms. The fourth-order valence-corrected chi connectivity index (χ4v) is 3.88. The fourth-order valence-electron chi connectivity index (χ4n) is 3.88. The normalized spacial score (nSPS) is 14.9. The van der Waals surface area contributed by atoms with Gasteiger partial charge in [-0.3, -0.25) is 4.68 Å². The van der Waals surface area contributed by atoms with Crippen LogP contribution in [0.2, 0.25) is 0 Å². The molecule has 3 heterocycles. The van der Waals surface area contributed by atoms with Crippen LogP contribution in [0.5, 0.6) is 5.75 Å². The van der Waals surface area contributed by atoms with Gasteiger partial charge in [-0.25, -0.2) is 4.98 Å². The lowest BCUT2D eigenvalue weighted by atomic mass is 9.98. The minimum absolute atomic E-state index is 0.303. The maximum Gasteiger partial charge on any atom is 0.226 e. The van der Waals surface area contributed by atoms with Crippen LogP contribution in [-0.4, -0.2) is 36.2 Å². The van der Waals surface area contributed by atoms with E-state index in [0.29, 0.717) is 24.2 Å². The van der Waals surface area contributed by atoms with E-state index in [1.165, 1.54) is 19.3 Å². The predicted octanol–water partition coefficient (Wildman–Crippen LogP) is 4.21. The van der Waals surface area contributed by atoms with Crippen LogP contribution in [0, 0.1) is 6.92 Å². The standard InChI is InChI=1S/C22H30N6O2/c1-4-5-11-21-24-20(26-30-21)14-18-22(25-27-28(18)3)17-12-13-19(15(2)23-17)29-16-9-7-6-8-10-16/h12-13,16H,4-11,14H2,1-3H3. The van der Waals surface area contributed by atoms with E-state index >= 15 is 0 Å². The van der Waals surface area contributed by atoms with E-state index in [1.807, 2.05) is 26.1 Å². The van der Waals surface area contributed by atoms with Gasteiger partial charge in [-0.1, -0.05) is 30.1 Å². The molecule has 1 saturated carbocycles. The smallest absolute Gasteiger partial charge is 0.226 e. The summed E-state index contributed by atoms with van der Waals surface area (Å²) in [5.41, 5.74) is 3.30. The number of hydrogen-bond donors (Lipinski definition) is 0. The fraction of sp³-hybridized carbons (Fsp3) is 0.591. The monoisotopic (exact) mass is 410 g/mol. The molecule has 0 spiro atoms. The number of aromatic nitrogens is 6. The molecular weight excluding hydrogens is 380 g/mol. The summed E-state index contributed by atoms with van der Waals surface area (Å²) in [5.74, 6) is 2.18. The highest BCUT2D eigenvalue weighted by atomic mass is 16.5. The highest BCUT2D eigenvalue weighted by Crippen LogP contribution is 2.28. The molecule has 160 valence electrons. The quantitative estimate of drug-likeness (QED) is 0.549. The van der Waals surface area contributed by atoms with E-state index in [1.54, 1.807) is 4.68 Å². The third kappa shape index (κ3) is 4.68. The Balaban J connectivity index is 1.51. The number of aryl methyl sites for hydroxylation is 3. The van der Waals surface area contributed by atoms with E-state index < -0.39 is 0 Å². The van der Waals surface area contributed by atoms with Crippen LogP contribution in [0.3, 0.4) is 0 Å². The summed E-state index contributed by atoms with van der Waals surface area (Å²) in [7, 11) is 1.87. The Hall–Kier alpha value is -2.77. The van der Waals surface area contributed by atoms with Crippen LogP contribution in [0.25, 0.3) is 11.4 Å². The van der Waals surface area contributed by atoms with Crippen molar-refractivity contribution >= 4 is 0 Å². The second-order valence-corrected chi connectivity index (χ2v) is 8.05. The minimum atomic E-state index is 0.303. The van der Waals surface area contributed by atoms with Crippen molar-refractivity contribution in [2.75, 3.05) is 0 Å². The zero-order valence-corrected chi connectivity index (χ0v) is 18.1. The predicted molar refractivity (Wildman–Crippen MR) is 112 cm³/mol. The summed E-state index contributed by atoms with van der Waals surface area (Å²) in [6.45, 7) is 4.13. The van der Waals surface area contributed by atoms with Crippen LogP contribution < -0.4 is 4.74 Å². The van der Waals surface area contributed by atoms with Crippen molar-refractivity contribution in [2.45, 2.75) is 77.7 Å². The van der Waals surface area contributed by atoms with Crippen LogP contribution in [-0.2, 0) is 19.9 Å². The van der Waals surface area contributed by atoms with E-state index in [-0.39, 0.29) is 0 Å². The van der Waals surface area contributed by atoms with E-state index in [2.05, 4.69) is 27.4 Å². The highest BCUT2D eigenvalue weighted by molar-refractivity contribution is 5.58. The summed E-state index contributed by atoms with van der Waals surface area (Å²) in [5, 5.41) is 12.7. The van der Waals surface area contributed by atoms with Crippen LogP contribution in [0.1, 0.15) is 75.0 Å². The Morgan fingerprint density at radius 2 is 2.00 bits per heavy atom. The molecular formula is C22H30N6O2. The Morgan fingerprint density at radius 3 is 2.77 bits per heavy atom. The van der Waals surface area contributed by atoms with Gasteiger partial charge in [0, 0.05) is 13.5 Å². The van der Waals surface area contributed by atoms with E-state index in [4.69, 9.17) is 14.2 Å². The van der Waals surface area contributed by atoms with Crippen molar-refractivity contribution in [3.8, 4) is 17.1 Å². The second-order valence-electron chi connectivity index (χ2n) is 8.05. The van der Waals surface area contributed by atoms with Crippen molar-refractivity contribution in [3.63, 3.8) is 0 Å². The third-order valence-corrected chi connectivity index (χ3v) is 5.65. The van der Waals surface area contributed by atoms with Gasteiger partial charge in [0.25, 0.3) is 0 Å². The molecule has 0 atom stereocenters. The van der Waals surface area contributed by atoms with Crippen LogP contribution in [0.4, 0.5) is 0 Å². The lowest BCUT2D eigenvalue weighted by Gasteiger charge is -2.23. The molecule has 0 saturated heterocycles. The van der Waals surface area contributed by atoms with Gasteiger partial charge in [-0.15, -0.1) is 5.10 Å². The number of pyridine rings is 1. The van der Waals surface area contributed by atoms with Crippen molar-refractivity contribution in [1.29, 1.82) is 0 Å². The average molecular weight is 411 g/mol. The largest absolute Gasteiger partial charge is 0.489 e. The topological polar surface area (TPSA) is 91.8 Å². The number of ether oxygens (including phenoxy) is 1. The Bertz CT molecular complexity index is 974. The molecule has 8 nitrogen and oxygen atoms in total. The number of hydrogen-bond acceptors (Lipinski definition) is 7. The van der Waals surface area contributed by atoms with Gasteiger partial charge in [0.15, 0.2) is 5.82 Å². The van der Waals surface area contributed by atoms with Gasteiger partial charge in [0.1, 0.15) is 11.4 Å². The van der Waals surface area contributed by atoms with Gasteiger partial charge in [-0.05, 0) is 51.2 Å². The first-order chi connectivity index (χ1) is 14.6.